The molecule has 174 valence electrons. The lowest BCUT2D eigenvalue weighted by Gasteiger charge is -2.17. The number of ether oxygens (including phenoxy) is 1. The topological polar surface area (TPSA) is 93.4 Å². The molecule has 0 aliphatic carbocycles. The Hall–Kier alpha value is -3.69. The van der Waals surface area contributed by atoms with Gasteiger partial charge in [-0.15, -0.1) is 0 Å². The summed E-state index contributed by atoms with van der Waals surface area (Å²) in [7, 11) is 0. The Morgan fingerprint density at radius 1 is 1.21 bits per heavy atom. The molecule has 11 heteroatoms. The highest BCUT2D eigenvalue weighted by Gasteiger charge is 2.25. The second-order valence-electron chi connectivity index (χ2n) is 7.01. The van der Waals surface area contributed by atoms with Gasteiger partial charge in [0.25, 0.3) is 5.56 Å². The van der Waals surface area contributed by atoms with E-state index in [4.69, 9.17) is 27.9 Å². The Morgan fingerprint density at radius 2 is 1.97 bits per heavy atom. The van der Waals surface area contributed by atoms with E-state index in [0.717, 1.165) is 10.6 Å². The number of anilines is 2. The normalized spacial score (nSPS) is 11.0. The van der Waals surface area contributed by atoms with Gasteiger partial charge in [-0.3, -0.25) is 14.3 Å². The van der Waals surface area contributed by atoms with Crippen molar-refractivity contribution in [1.29, 1.82) is 0 Å². The zero-order valence-corrected chi connectivity index (χ0v) is 18.9. The van der Waals surface area contributed by atoms with Crippen molar-refractivity contribution >= 4 is 51.4 Å². The maximum Gasteiger partial charge on any atom is 0.347 e. The fourth-order valence-electron chi connectivity index (χ4n) is 3.42. The van der Waals surface area contributed by atoms with Gasteiger partial charge in [0.2, 0.25) is 0 Å². The number of aromatic nitrogens is 2. The first kappa shape index (κ1) is 23.5. The van der Waals surface area contributed by atoms with E-state index in [0.29, 0.717) is 11.8 Å². The molecule has 4 aromatic rings. The van der Waals surface area contributed by atoms with Crippen LogP contribution in [0.1, 0.15) is 17.3 Å². The molecule has 0 saturated heterocycles. The molecule has 0 fully saturated rings. The van der Waals surface area contributed by atoms with E-state index in [9.17, 15) is 23.5 Å². The summed E-state index contributed by atoms with van der Waals surface area (Å²) in [5, 5.41) is 13.3. The third-order valence-electron chi connectivity index (χ3n) is 4.89. The van der Waals surface area contributed by atoms with Crippen LogP contribution in [0, 0.1) is 11.6 Å². The molecular weight excluding hydrogens is 491 g/mol. The van der Waals surface area contributed by atoms with Gasteiger partial charge in [-0.2, -0.15) is 0 Å². The van der Waals surface area contributed by atoms with E-state index in [1.807, 2.05) is 0 Å². The van der Waals surface area contributed by atoms with Crippen LogP contribution in [0.15, 0.2) is 53.6 Å². The number of carbonyl (C=O) groups excluding carboxylic acids is 1. The summed E-state index contributed by atoms with van der Waals surface area (Å²) in [5.74, 6) is -3.52. The molecule has 4 rings (SSSR count). The van der Waals surface area contributed by atoms with Crippen molar-refractivity contribution in [1.82, 2.24) is 9.55 Å². The van der Waals surface area contributed by atoms with E-state index >= 15 is 0 Å². The standard InChI is InChI=1S/C23H15Cl2F2N3O4/c1-2-34-23(33)19-21(31)13-8-17(29-20-15(25)6-11(26)7-16(20)27)14(24)9-18(13)30(22(19)32)12-4-3-5-28-10-12/h3-10,29,31H,2H2,1H3. The monoisotopic (exact) mass is 505 g/mol. The van der Waals surface area contributed by atoms with Gasteiger partial charge in [0.05, 0.1) is 45.4 Å². The number of nitrogens with one attached hydrogen (secondary N) is 1. The summed E-state index contributed by atoms with van der Waals surface area (Å²) < 4.78 is 33.8. The van der Waals surface area contributed by atoms with Crippen LogP contribution in [0.25, 0.3) is 16.6 Å². The van der Waals surface area contributed by atoms with Crippen molar-refractivity contribution in [2.75, 3.05) is 11.9 Å². The number of hydrogen-bond acceptors (Lipinski definition) is 6. The Bertz CT molecular complexity index is 1470. The quantitative estimate of drug-likeness (QED) is 0.343. The maximum atomic E-state index is 14.3. The number of hydrogen-bond donors (Lipinski definition) is 2. The second-order valence-corrected chi connectivity index (χ2v) is 7.83. The lowest BCUT2D eigenvalue weighted by Crippen LogP contribution is -2.27. The molecule has 34 heavy (non-hydrogen) atoms. The molecule has 0 amide bonds. The van der Waals surface area contributed by atoms with Crippen molar-refractivity contribution in [2.24, 2.45) is 0 Å². The molecule has 7 nitrogen and oxygen atoms in total. The summed E-state index contributed by atoms with van der Waals surface area (Å²) in [6, 6.07) is 7.37. The predicted octanol–water partition coefficient (Wildman–Crippen LogP) is 5.60. The number of halogens is 4. The van der Waals surface area contributed by atoms with E-state index in [2.05, 4.69) is 10.3 Å². The van der Waals surface area contributed by atoms with Crippen LogP contribution in [0.2, 0.25) is 10.0 Å². The molecule has 0 unspecified atom stereocenters. The largest absolute Gasteiger partial charge is 0.506 e. The Morgan fingerprint density at radius 3 is 2.62 bits per heavy atom. The highest BCUT2D eigenvalue weighted by molar-refractivity contribution is 6.35. The number of nitrogens with zero attached hydrogens (tertiary/aromatic N) is 2. The smallest absolute Gasteiger partial charge is 0.347 e. The van der Waals surface area contributed by atoms with Gasteiger partial charge < -0.3 is 15.2 Å². The van der Waals surface area contributed by atoms with Gasteiger partial charge in [0, 0.05) is 17.6 Å². The van der Waals surface area contributed by atoms with Crippen LogP contribution in [0.3, 0.4) is 0 Å². The number of fused-ring (bicyclic) bond motifs is 1. The average molecular weight is 506 g/mol. The average Bonchev–Trinajstić information content (AvgIpc) is 2.78. The summed E-state index contributed by atoms with van der Waals surface area (Å²) in [4.78, 5) is 29.8. The molecule has 0 radical (unpaired) electrons. The van der Waals surface area contributed by atoms with E-state index in [-0.39, 0.29) is 38.9 Å². The van der Waals surface area contributed by atoms with Crippen LogP contribution < -0.4 is 10.9 Å². The number of esters is 1. The Labute approximate surface area is 201 Å². The molecule has 2 N–H and O–H groups in total. The minimum Gasteiger partial charge on any atom is -0.506 e. The third kappa shape index (κ3) is 4.15. The summed E-state index contributed by atoms with van der Waals surface area (Å²) >= 11 is 12.4. The number of carbonyl (C=O) groups is 1. The molecule has 0 bridgehead atoms. The molecule has 0 atom stereocenters. The van der Waals surface area contributed by atoms with E-state index in [1.54, 1.807) is 19.1 Å². The third-order valence-corrected chi connectivity index (χ3v) is 5.50. The van der Waals surface area contributed by atoms with E-state index < -0.39 is 34.5 Å². The first-order valence-electron chi connectivity index (χ1n) is 9.83. The summed E-state index contributed by atoms with van der Waals surface area (Å²) in [5.41, 5.74) is -1.19. The predicted molar refractivity (Wildman–Crippen MR) is 125 cm³/mol. The van der Waals surface area contributed by atoms with Crippen molar-refractivity contribution in [3.05, 3.63) is 86.4 Å². The minimum absolute atomic E-state index is 0.0209. The van der Waals surface area contributed by atoms with Crippen LogP contribution in [-0.4, -0.2) is 27.2 Å². The number of pyridine rings is 2. The lowest BCUT2D eigenvalue weighted by atomic mass is 10.1. The number of rotatable bonds is 5. The number of benzene rings is 2. The van der Waals surface area contributed by atoms with Crippen LogP contribution in [0.5, 0.6) is 5.75 Å². The highest BCUT2D eigenvalue weighted by atomic mass is 35.5. The fourth-order valence-corrected chi connectivity index (χ4v) is 3.86. The molecule has 0 spiro atoms. The molecular formula is C23H15Cl2F2N3O4. The van der Waals surface area contributed by atoms with Gasteiger partial charge in [-0.25, -0.2) is 13.6 Å². The first-order valence-corrected chi connectivity index (χ1v) is 10.6. The Kier molecular flexibility index (Phi) is 6.41. The zero-order chi connectivity index (χ0) is 24.6. The lowest BCUT2D eigenvalue weighted by molar-refractivity contribution is 0.0521. The molecule has 2 heterocycles. The van der Waals surface area contributed by atoms with Gasteiger partial charge in [0.15, 0.2) is 11.4 Å². The first-order chi connectivity index (χ1) is 16.2. The molecule has 0 aliphatic rings. The van der Waals surface area contributed by atoms with Crippen LogP contribution in [0.4, 0.5) is 20.2 Å². The van der Waals surface area contributed by atoms with Crippen molar-refractivity contribution in [2.45, 2.75) is 6.92 Å². The van der Waals surface area contributed by atoms with Gasteiger partial charge in [-0.1, -0.05) is 23.2 Å². The highest BCUT2D eigenvalue weighted by Crippen LogP contribution is 2.38. The molecule has 0 saturated carbocycles. The van der Waals surface area contributed by atoms with Crippen LogP contribution >= 0.6 is 23.2 Å². The summed E-state index contributed by atoms with van der Waals surface area (Å²) in [6.45, 7) is 1.52. The van der Waals surface area contributed by atoms with Crippen molar-refractivity contribution in [3.8, 4) is 11.4 Å². The van der Waals surface area contributed by atoms with Crippen molar-refractivity contribution in [3.63, 3.8) is 0 Å². The van der Waals surface area contributed by atoms with Crippen molar-refractivity contribution < 1.29 is 23.4 Å². The number of aromatic hydroxyl groups is 1. The molecule has 2 aromatic heterocycles. The minimum atomic E-state index is -1.03. The van der Waals surface area contributed by atoms with Gasteiger partial charge in [-0.05, 0) is 37.3 Å². The van der Waals surface area contributed by atoms with E-state index in [1.165, 1.54) is 24.5 Å². The fraction of sp³-hybridized carbons (Fsp3) is 0.0870. The molecule has 2 aromatic carbocycles. The van der Waals surface area contributed by atoms with Gasteiger partial charge in [0.1, 0.15) is 11.6 Å². The summed E-state index contributed by atoms with van der Waals surface area (Å²) in [6.07, 6.45) is 2.89. The second kappa shape index (κ2) is 9.28. The van der Waals surface area contributed by atoms with Gasteiger partial charge >= 0.3 is 5.97 Å². The maximum absolute atomic E-state index is 14.3. The SMILES string of the molecule is CCOC(=O)c1c(O)c2cc(Nc3c(F)cc(F)cc3Cl)c(Cl)cc2n(-c2cccnc2)c1=O. The Balaban J connectivity index is 2.01. The van der Waals surface area contributed by atoms with Crippen LogP contribution in [-0.2, 0) is 4.74 Å². The molecule has 0 aliphatic heterocycles. The zero-order valence-electron chi connectivity index (χ0n) is 17.4.